The third-order valence-corrected chi connectivity index (χ3v) is 2.36. The van der Waals surface area contributed by atoms with Crippen molar-refractivity contribution in [2.24, 2.45) is 0 Å². The van der Waals surface area contributed by atoms with Crippen molar-refractivity contribution in [3.63, 3.8) is 0 Å². The second-order valence-electron chi connectivity index (χ2n) is 3.60. The fourth-order valence-electron chi connectivity index (χ4n) is 1.55. The monoisotopic (exact) mass is 251 g/mol. The van der Waals surface area contributed by atoms with Crippen LogP contribution < -0.4 is 19.5 Å². The van der Waals surface area contributed by atoms with Gasteiger partial charge >= 0.3 is 0 Å². The summed E-state index contributed by atoms with van der Waals surface area (Å²) >= 11 is 0. The minimum atomic E-state index is -0.244. The molecule has 0 aromatic heterocycles. The van der Waals surface area contributed by atoms with Gasteiger partial charge in [-0.3, -0.25) is 9.59 Å². The highest BCUT2D eigenvalue weighted by Gasteiger charge is 2.18. The van der Waals surface area contributed by atoms with E-state index in [1.807, 2.05) is 6.92 Å². The first-order chi connectivity index (χ1) is 8.74. The Morgan fingerprint density at radius 2 is 2.17 bits per heavy atom. The van der Waals surface area contributed by atoms with Gasteiger partial charge in [-0.25, -0.2) is 0 Å². The minimum absolute atomic E-state index is 0.118. The van der Waals surface area contributed by atoms with Crippen LogP contribution in [-0.4, -0.2) is 32.1 Å². The molecule has 0 atom stereocenters. The van der Waals surface area contributed by atoms with Crippen molar-refractivity contribution < 1.29 is 23.8 Å². The van der Waals surface area contributed by atoms with E-state index in [0.29, 0.717) is 35.6 Å². The van der Waals surface area contributed by atoms with Crippen molar-refractivity contribution in [1.82, 2.24) is 5.32 Å². The molecule has 0 saturated heterocycles. The number of aldehydes is 1. The van der Waals surface area contributed by atoms with Crippen LogP contribution in [-0.2, 0) is 4.79 Å². The number of likely N-dealkylation sites (N-methyl/N-ethyl adjacent to an activating group) is 1. The Hall–Kier alpha value is -2.24. The zero-order valence-corrected chi connectivity index (χ0v) is 9.89. The minimum Gasteiger partial charge on any atom is -0.483 e. The van der Waals surface area contributed by atoms with E-state index < -0.39 is 0 Å². The first kappa shape index (κ1) is 12.2. The summed E-state index contributed by atoms with van der Waals surface area (Å²) in [4.78, 5) is 22.2. The third-order valence-electron chi connectivity index (χ3n) is 2.36. The van der Waals surface area contributed by atoms with Gasteiger partial charge in [-0.2, -0.15) is 0 Å². The number of rotatable bonds is 5. The predicted molar refractivity (Wildman–Crippen MR) is 62.1 cm³/mol. The Kier molecular flexibility index (Phi) is 3.66. The molecule has 6 nitrogen and oxygen atoms in total. The lowest BCUT2D eigenvalue weighted by Gasteiger charge is -2.09. The van der Waals surface area contributed by atoms with E-state index in [1.165, 1.54) is 6.07 Å². The van der Waals surface area contributed by atoms with Crippen LogP contribution in [0.25, 0.3) is 0 Å². The van der Waals surface area contributed by atoms with Crippen LogP contribution >= 0.6 is 0 Å². The highest BCUT2D eigenvalue weighted by atomic mass is 16.7. The molecular weight excluding hydrogens is 238 g/mol. The molecule has 0 fully saturated rings. The molecule has 1 aliphatic rings. The number of ether oxygens (including phenoxy) is 3. The normalized spacial score (nSPS) is 12.1. The lowest BCUT2D eigenvalue weighted by molar-refractivity contribution is -0.122. The third kappa shape index (κ3) is 2.53. The van der Waals surface area contributed by atoms with E-state index in [4.69, 9.17) is 14.2 Å². The molecule has 1 aromatic rings. The maximum absolute atomic E-state index is 11.3. The number of carbonyl (C=O) groups is 2. The summed E-state index contributed by atoms with van der Waals surface area (Å²) in [5.74, 6) is 1.07. The molecular formula is C12H13NO5. The molecule has 2 rings (SSSR count). The molecule has 1 aliphatic heterocycles. The van der Waals surface area contributed by atoms with E-state index in [1.54, 1.807) is 6.07 Å². The number of nitrogens with one attached hydrogen (secondary N) is 1. The molecule has 96 valence electrons. The highest BCUT2D eigenvalue weighted by Crippen LogP contribution is 2.37. The van der Waals surface area contributed by atoms with Crippen LogP contribution in [0.1, 0.15) is 17.3 Å². The molecule has 0 spiro atoms. The molecule has 18 heavy (non-hydrogen) atoms. The average Bonchev–Trinajstić information content (AvgIpc) is 2.82. The van der Waals surface area contributed by atoms with Gasteiger partial charge in [-0.05, 0) is 13.0 Å². The van der Waals surface area contributed by atoms with E-state index in [2.05, 4.69) is 5.32 Å². The molecule has 1 heterocycles. The van der Waals surface area contributed by atoms with Gasteiger partial charge in [-0.1, -0.05) is 0 Å². The molecule has 0 unspecified atom stereocenters. The largest absolute Gasteiger partial charge is 0.483 e. The summed E-state index contributed by atoms with van der Waals surface area (Å²) in [5.41, 5.74) is 0.323. The zero-order chi connectivity index (χ0) is 13.0. The van der Waals surface area contributed by atoms with Crippen molar-refractivity contribution in [1.29, 1.82) is 0 Å². The number of benzene rings is 1. The standard InChI is InChI=1S/C12H13NO5/c1-2-13-12(15)6-16-9-4-11-10(17-7-18-11)3-8(9)5-14/h3-5H,2,6-7H2,1H3,(H,13,15). The van der Waals surface area contributed by atoms with Crippen LogP contribution in [0.5, 0.6) is 17.2 Å². The SMILES string of the molecule is CCNC(=O)COc1cc2c(cc1C=O)OCO2. The van der Waals surface area contributed by atoms with Crippen molar-refractivity contribution in [3.8, 4) is 17.2 Å². The molecule has 1 aromatic carbocycles. The maximum Gasteiger partial charge on any atom is 0.257 e. The number of amides is 1. The summed E-state index contributed by atoms with van der Waals surface area (Å²) in [6.07, 6.45) is 0.648. The van der Waals surface area contributed by atoms with E-state index in [-0.39, 0.29) is 19.3 Å². The summed E-state index contributed by atoms with van der Waals surface area (Å²) in [6, 6.07) is 3.08. The van der Waals surface area contributed by atoms with Crippen LogP contribution in [0.3, 0.4) is 0 Å². The van der Waals surface area contributed by atoms with Crippen molar-refractivity contribution in [3.05, 3.63) is 17.7 Å². The van der Waals surface area contributed by atoms with Crippen molar-refractivity contribution in [2.45, 2.75) is 6.92 Å². The van der Waals surface area contributed by atoms with Crippen molar-refractivity contribution in [2.75, 3.05) is 19.9 Å². The molecule has 0 aliphatic carbocycles. The van der Waals surface area contributed by atoms with Gasteiger partial charge in [0.05, 0.1) is 5.56 Å². The zero-order valence-electron chi connectivity index (χ0n) is 9.89. The molecule has 0 radical (unpaired) electrons. The lowest BCUT2D eigenvalue weighted by atomic mass is 10.2. The number of carbonyl (C=O) groups excluding carboxylic acids is 2. The van der Waals surface area contributed by atoms with Gasteiger partial charge in [0.2, 0.25) is 6.79 Å². The Morgan fingerprint density at radius 1 is 1.44 bits per heavy atom. The van der Waals surface area contributed by atoms with Gasteiger partial charge in [0.15, 0.2) is 24.4 Å². The summed E-state index contributed by atoms with van der Waals surface area (Å²) in [6.45, 7) is 2.32. The summed E-state index contributed by atoms with van der Waals surface area (Å²) in [7, 11) is 0. The summed E-state index contributed by atoms with van der Waals surface area (Å²) < 4.78 is 15.6. The Balaban J connectivity index is 2.12. The molecule has 1 N–H and O–H groups in total. The van der Waals surface area contributed by atoms with E-state index >= 15 is 0 Å². The van der Waals surface area contributed by atoms with E-state index in [9.17, 15) is 9.59 Å². The quantitative estimate of drug-likeness (QED) is 0.781. The van der Waals surface area contributed by atoms with Gasteiger partial charge in [0, 0.05) is 12.6 Å². The van der Waals surface area contributed by atoms with Crippen LogP contribution in [0.4, 0.5) is 0 Å². The smallest absolute Gasteiger partial charge is 0.257 e. The van der Waals surface area contributed by atoms with Gasteiger partial charge in [0.1, 0.15) is 5.75 Å². The highest BCUT2D eigenvalue weighted by molar-refractivity contribution is 5.82. The fraction of sp³-hybridized carbons (Fsp3) is 0.333. The molecule has 0 bridgehead atoms. The topological polar surface area (TPSA) is 73.9 Å². The second kappa shape index (κ2) is 5.39. The maximum atomic E-state index is 11.3. The Bertz CT molecular complexity index is 472. The van der Waals surface area contributed by atoms with Gasteiger partial charge in [-0.15, -0.1) is 0 Å². The molecule has 6 heteroatoms. The van der Waals surface area contributed by atoms with Crippen LogP contribution in [0.2, 0.25) is 0 Å². The number of fused-ring (bicyclic) bond motifs is 1. The fourth-order valence-corrected chi connectivity index (χ4v) is 1.55. The average molecular weight is 251 g/mol. The van der Waals surface area contributed by atoms with Gasteiger partial charge in [0.25, 0.3) is 5.91 Å². The first-order valence-corrected chi connectivity index (χ1v) is 5.53. The van der Waals surface area contributed by atoms with Crippen molar-refractivity contribution >= 4 is 12.2 Å². The Morgan fingerprint density at radius 3 is 2.83 bits per heavy atom. The van der Waals surface area contributed by atoms with Gasteiger partial charge < -0.3 is 19.5 Å². The number of hydrogen-bond acceptors (Lipinski definition) is 5. The second-order valence-corrected chi connectivity index (χ2v) is 3.60. The Labute approximate surface area is 104 Å². The first-order valence-electron chi connectivity index (χ1n) is 5.53. The number of hydrogen-bond donors (Lipinski definition) is 1. The van der Waals surface area contributed by atoms with E-state index in [0.717, 1.165) is 0 Å². The van der Waals surface area contributed by atoms with Crippen LogP contribution in [0.15, 0.2) is 12.1 Å². The van der Waals surface area contributed by atoms with Crippen LogP contribution in [0, 0.1) is 0 Å². The summed E-state index contributed by atoms with van der Waals surface area (Å²) in [5, 5.41) is 2.60. The molecule has 1 amide bonds. The predicted octanol–water partition coefficient (Wildman–Crippen LogP) is 0.743. The lowest BCUT2D eigenvalue weighted by Crippen LogP contribution is -2.28. The molecule has 0 saturated carbocycles.